The second kappa shape index (κ2) is 4.78. The van der Waals surface area contributed by atoms with Crippen molar-refractivity contribution in [2.45, 2.75) is 19.8 Å². The van der Waals surface area contributed by atoms with Crippen molar-refractivity contribution in [3.63, 3.8) is 0 Å². The zero-order chi connectivity index (χ0) is 13.3. The largest absolute Gasteiger partial charge is 0.317 e. The smallest absolute Gasteiger partial charge is 0.168 e. The maximum absolute atomic E-state index is 12.7. The Bertz CT molecular complexity index is 611. The predicted octanol–water partition coefficient (Wildman–Crippen LogP) is 3.41. The first-order chi connectivity index (χ1) is 9.19. The average Bonchev–Trinajstić information content (AvgIpc) is 2.47. The van der Waals surface area contributed by atoms with Crippen molar-refractivity contribution < 1.29 is 4.79 Å². The lowest BCUT2D eigenvalue weighted by molar-refractivity contribution is 0.0762. The summed E-state index contributed by atoms with van der Waals surface area (Å²) >= 11 is 0. The highest BCUT2D eigenvalue weighted by Gasteiger charge is 2.34. The molecule has 0 aliphatic carbocycles. The standard InChI is InChI=1S/C17H19NO/c1-17(8-10-18-11-9-17)16(19)15-7-6-13-4-2-3-5-14(13)12-15/h2-7,12,18H,8-11H2,1H3. The van der Waals surface area contributed by atoms with E-state index in [0.29, 0.717) is 5.78 Å². The number of hydrogen-bond acceptors (Lipinski definition) is 2. The third-order valence-electron chi connectivity index (χ3n) is 4.27. The minimum atomic E-state index is -0.201. The Morgan fingerprint density at radius 2 is 1.74 bits per heavy atom. The van der Waals surface area contributed by atoms with Gasteiger partial charge in [-0.2, -0.15) is 0 Å². The zero-order valence-corrected chi connectivity index (χ0v) is 11.3. The molecule has 1 N–H and O–H groups in total. The summed E-state index contributed by atoms with van der Waals surface area (Å²) in [5, 5.41) is 5.66. The van der Waals surface area contributed by atoms with Crippen LogP contribution in [-0.2, 0) is 0 Å². The molecule has 0 spiro atoms. The first kappa shape index (κ1) is 12.4. The number of piperidine rings is 1. The molecule has 2 heteroatoms. The van der Waals surface area contributed by atoms with Crippen LogP contribution in [0, 0.1) is 5.41 Å². The van der Waals surface area contributed by atoms with Gasteiger partial charge in [0.2, 0.25) is 0 Å². The van der Waals surface area contributed by atoms with Gasteiger partial charge in [-0.05, 0) is 42.8 Å². The molecule has 0 atom stereocenters. The summed E-state index contributed by atoms with van der Waals surface area (Å²) in [5.41, 5.74) is 0.649. The summed E-state index contributed by atoms with van der Waals surface area (Å²) in [6.45, 7) is 3.98. The van der Waals surface area contributed by atoms with Crippen LogP contribution in [0.2, 0.25) is 0 Å². The quantitative estimate of drug-likeness (QED) is 0.831. The third kappa shape index (κ3) is 2.28. The number of hydrogen-bond donors (Lipinski definition) is 1. The van der Waals surface area contributed by atoms with Gasteiger partial charge in [-0.3, -0.25) is 4.79 Å². The Hall–Kier alpha value is -1.67. The number of benzene rings is 2. The number of carbonyl (C=O) groups is 1. The Morgan fingerprint density at radius 3 is 2.47 bits per heavy atom. The molecule has 0 bridgehead atoms. The van der Waals surface area contributed by atoms with E-state index in [0.717, 1.165) is 36.9 Å². The van der Waals surface area contributed by atoms with Crippen molar-refractivity contribution in [2.24, 2.45) is 5.41 Å². The second-order valence-corrected chi connectivity index (χ2v) is 5.70. The van der Waals surface area contributed by atoms with E-state index in [1.54, 1.807) is 0 Å². The summed E-state index contributed by atoms with van der Waals surface area (Å²) in [6, 6.07) is 14.2. The van der Waals surface area contributed by atoms with Crippen LogP contribution in [0.1, 0.15) is 30.1 Å². The fourth-order valence-corrected chi connectivity index (χ4v) is 2.88. The molecule has 2 aromatic carbocycles. The van der Waals surface area contributed by atoms with Gasteiger partial charge in [0.15, 0.2) is 5.78 Å². The van der Waals surface area contributed by atoms with E-state index in [1.807, 2.05) is 30.3 Å². The lowest BCUT2D eigenvalue weighted by Gasteiger charge is -2.32. The van der Waals surface area contributed by atoms with Crippen LogP contribution >= 0.6 is 0 Å². The predicted molar refractivity (Wildman–Crippen MR) is 78.5 cm³/mol. The monoisotopic (exact) mass is 253 g/mol. The van der Waals surface area contributed by atoms with Crippen LogP contribution in [0.25, 0.3) is 10.8 Å². The van der Waals surface area contributed by atoms with Crippen LogP contribution in [0.15, 0.2) is 42.5 Å². The molecule has 0 amide bonds. The normalized spacial score (nSPS) is 18.4. The van der Waals surface area contributed by atoms with E-state index in [4.69, 9.17) is 0 Å². The molecular formula is C17H19NO. The molecule has 98 valence electrons. The minimum Gasteiger partial charge on any atom is -0.317 e. The van der Waals surface area contributed by atoms with Gasteiger partial charge in [-0.1, -0.05) is 43.3 Å². The van der Waals surface area contributed by atoms with Gasteiger partial charge in [-0.15, -0.1) is 0 Å². The van der Waals surface area contributed by atoms with Crippen molar-refractivity contribution in [1.82, 2.24) is 5.32 Å². The topological polar surface area (TPSA) is 29.1 Å². The molecule has 19 heavy (non-hydrogen) atoms. The summed E-state index contributed by atoms with van der Waals surface area (Å²) in [6.07, 6.45) is 1.86. The van der Waals surface area contributed by atoms with Gasteiger partial charge in [0.05, 0.1) is 0 Å². The molecular weight excluding hydrogens is 234 g/mol. The maximum atomic E-state index is 12.7. The van der Waals surface area contributed by atoms with Gasteiger partial charge < -0.3 is 5.32 Å². The highest BCUT2D eigenvalue weighted by Crippen LogP contribution is 2.32. The number of rotatable bonds is 2. The molecule has 0 unspecified atom stereocenters. The summed E-state index contributed by atoms with van der Waals surface area (Å²) in [5.74, 6) is 0.291. The van der Waals surface area contributed by atoms with Crippen LogP contribution in [-0.4, -0.2) is 18.9 Å². The molecule has 0 aromatic heterocycles. The number of fused-ring (bicyclic) bond motifs is 1. The van der Waals surface area contributed by atoms with E-state index in [2.05, 4.69) is 24.4 Å². The van der Waals surface area contributed by atoms with Crippen molar-refractivity contribution in [3.8, 4) is 0 Å². The van der Waals surface area contributed by atoms with E-state index >= 15 is 0 Å². The minimum absolute atomic E-state index is 0.201. The summed E-state index contributed by atoms with van der Waals surface area (Å²) in [4.78, 5) is 12.7. The van der Waals surface area contributed by atoms with Crippen LogP contribution in [0.3, 0.4) is 0 Å². The van der Waals surface area contributed by atoms with Gasteiger partial charge in [0, 0.05) is 11.0 Å². The highest BCUT2D eigenvalue weighted by molar-refractivity contribution is 6.03. The Kier molecular flexibility index (Phi) is 3.11. The Balaban J connectivity index is 1.97. The molecule has 2 nitrogen and oxygen atoms in total. The second-order valence-electron chi connectivity index (χ2n) is 5.70. The first-order valence-electron chi connectivity index (χ1n) is 6.93. The molecule has 3 rings (SSSR count). The van der Waals surface area contributed by atoms with Gasteiger partial charge in [0.1, 0.15) is 0 Å². The SMILES string of the molecule is CC1(C(=O)c2ccc3ccccc3c2)CCNCC1. The lowest BCUT2D eigenvalue weighted by atomic mass is 9.75. The first-order valence-corrected chi connectivity index (χ1v) is 6.93. The van der Waals surface area contributed by atoms with E-state index in [9.17, 15) is 4.79 Å². The number of carbonyl (C=O) groups excluding carboxylic acids is 1. The molecule has 1 aliphatic rings. The fraction of sp³-hybridized carbons (Fsp3) is 0.353. The average molecular weight is 253 g/mol. The van der Waals surface area contributed by atoms with Crippen LogP contribution in [0.4, 0.5) is 0 Å². The fourth-order valence-electron chi connectivity index (χ4n) is 2.88. The van der Waals surface area contributed by atoms with Gasteiger partial charge >= 0.3 is 0 Å². The molecule has 0 radical (unpaired) electrons. The van der Waals surface area contributed by atoms with Crippen LogP contribution < -0.4 is 5.32 Å². The van der Waals surface area contributed by atoms with E-state index in [1.165, 1.54) is 5.39 Å². The maximum Gasteiger partial charge on any atom is 0.168 e. The van der Waals surface area contributed by atoms with Gasteiger partial charge in [-0.25, -0.2) is 0 Å². The Labute approximate surface area is 113 Å². The molecule has 1 heterocycles. The molecule has 0 saturated carbocycles. The summed E-state index contributed by atoms with van der Waals surface area (Å²) in [7, 11) is 0. The number of nitrogens with one attached hydrogen (secondary N) is 1. The number of Topliss-reactive ketones (excluding diaryl/α,β-unsaturated/α-hetero) is 1. The highest BCUT2D eigenvalue weighted by atomic mass is 16.1. The van der Waals surface area contributed by atoms with Crippen molar-refractivity contribution in [1.29, 1.82) is 0 Å². The summed E-state index contributed by atoms with van der Waals surface area (Å²) < 4.78 is 0. The third-order valence-corrected chi connectivity index (χ3v) is 4.27. The molecule has 1 aliphatic heterocycles. The van der Waals surface area contributed by atoms with Crippen molar-refractivity contribution in [3.05, 3.63) is 48.0 Å². The Morgan fingerprint density at radius 1 is 1.05 bits per heavy atom. The van der Waals surface area contributed by atoms with Crippen molar-refractivity contribution >= 4 is 16.6 Å². The van der Waals surface area contributed by atoms with Gasteiger partial charge in [0.25, 0.3) is 0 Å². The number of ketones is 1. The van der Waals surface area contributed by atoms with E-state index in [-0.39, 0.29) is 5.41 Å². The molecule has 1 saturated heterocycles. The zero-order valence-electron chi connectivity index (χ0n) is 11.3. The van der Waals surface area contributed by atoms with Crippen LogP contribution in [0.5, 0.6) is 0 Å². The molecule has 2 aromatic rings. The van der Waals surface area contributed by atoms with Crippen molar-refractivity contribution in [2.75, 3.05) is 13.1 Å². The van der Waals surface area contributed by atoms with E-state index < -0.39 is 0 Å². The lowest BCUT2D eigenvalue weighted by Crippen LogP contribution is -2.40. The molecule has 1 fully saturated rings.